The van der Waals surface area contributed by atoms with E-state index in [9.17, 15) is 0 Å². The Labute approximate surface area is 108 Å². The number of nitrogens with zero attached hydrogens (tertiary/aromatic N) is 1. The summed E-state index contributed by atoms with van der Waals surface area (Å²) in [5.41, 5.74) is 0.988. The number of halogens is 2. The van der Waals surface area contributed by atoms with E-state index >= 15 is 0 Å². The second kappa shape index (κ2) is 4.78. The second-order valence-electron chi connectivity index (χ2n) is 2.52. The lowest BCUT2D eigenvalue weighted by molar-refractivity contribution is 1.11. The third kappa shape index (κ3) is 2.59. The topological polar surface area (TPSA) is 24.9 Å². The highest BCUT2D eigenvalue weighted by Gasteiger charge is 2.02. The molecule has 0 aliphatic carbocycles. The van der Waals surface area contributed by atoms with E-state index in [1.165, 1.54) is 14.2 Å². The van der Waals surface area contributed by atoms with Gasteiger partial charge in [0.15, 0.2) is 0 Å². The zero-order valence-electron chi connectivity index (χ0n) is 6.96. The molecule has 0 atom stereocenters. The largest absolute Gasteiger partial charge is 0.377 e. The first kappa shape index (κ1) is 10.7. The highest BCUT2D eigenvalue weighted by Crippen LogP contribution is 2.28. The van der Waals surface area contributed by atoms with Gasteiger partial charge in [-0.15, -0.1) is 22.7 Å². The number of hydrogen-bond donors (Lipinski definition) is 1. The van der Waals surface area contributed by atoms with Gasteiger partial charge in [-0.1, -0.05) is 11.6 Å². The fraction of sp³-hybridized carbons (Fsp3) is 0.125. The van der Waals surface area contributed by atoms with E-state index in [1.54, 1.807) is 11.3 Å². The van der Waals surface area contributed by atoms with Gasteiger partial charge in [0.25, 0.3) is 0 Å². The minimum atomic E-state index is 0.740. The quantitative estimate of drug-likeness (QED) is 0.838. The average molecular weight is 357 g/mol. The van der Waals surface area contributed by atoms with Crippen molar-refractivity contribution in [3.05, 3.63) is 29.9 Å². The zero-order valence-corrected chi connectivity index (χ0v) is 11.5. The first-order valence-electron chi connectivity index (χ1n) is 3.83. The summed E-state index contributed by atoms with van der Waals surface area (Å²) in [4.78, 5) is 4.25. The summed E-state index contributed by atoms with van der Waals surface area (Å²) in [6.45, 7) is 0.740. The van der Waals surface area contributed by atoms with Crippen LogP contribution in [-0.4, -0.2) is 4.98 Å². The van der Waals surface area contributed by atoms with Crippen molar-refractivity contribution in [2.24, 2.45) is 0 Å². The van der Waals surface area contributed by atoms with E-state index in [4.69, 9.17) is 11.6 Å². The molecule has 2 aromatic rings. The predicted molar refractivity (Wildman–Crippen MR) is 71.5 cm³/mol. The van der Waals surface area contributed by atoms with E-state index < -0.39 is 0 Å². The average Bonchev–Trinajstić information content (AvgIpc) is 2.72. The van der Waals surface area contributed by atoms with Crippen LogP contribution in [0.25, 0.3) is 0 Å². The molecular weight excluding hydrogens is 351 g/mol. The SMILES string of the molecule is Clc1sccc1NCc1ncc(I)s1. The molecule has 0 aliphatic rings. The molecule has 1 N–H and O–H groups in total. The molecule has 0 saturated carbocycles. The van der Waals surface area contributed by atoms with Crippen molar-refractivity contribution < 1.29 is 0 Å². The minimum absolute atomic E-state index is 0.740. The van der Waals surface area contributed by atoms with Crippen LogP contribution in [0.2, 0.25) is 4.34 Å². The molecule has 0 saturated heterocycles. The van der Waals surface area contributed by atoms with Gasteiger partial charge < -0.3 is 5.32 Å². The smallest absolute Gasteiger partial charge is 0.116 e. The van der Waals surface area contributed by atoms with Crippen LogP contribution in [0.3, 0.4) is 0 Å². The maximum absolute atomic E-state index is 5.95. The monoisotopic (exact) mass is 356 g/mol. The van der Waals surface area contributed by atoms with Crippen LogP contribution in [0, 0.1) is 2.88 Å². The highest BCUT2D eigenvalue weighted by atomic mass is 127. The molecule has 2 heterocycles. The Morgan fingerprint density at radius 2 is 2.43 bits per heavy atom. The second-order valence-corrected chi connectivity index (χ2v) is 7.05. The lowest BCUT2D eigenvalue weighted by Gasteiger charge is -2.00. The third-order valence-corrected chi connectivity index (χ3v) is 4.47. The van der Waals surface area contributed by atoms with Crippen LogP contribution in [-0.2, 0) is 6.54 Å². The number of rotatable bonds is 3. The number of hydrogen-bond acceptors (Lipinski definition) is 4. The molecule has 0 fully saturated rings. The van der Waals surface area contributed by atoms with E-state index in [2.05, 4.69) is 32.9 Å². The van der Waals surface area contributed by atoms with Crippen LogP contribution in [0.15, 0.2) is 17.6 Å². The van der Waals surface area contributed by atoms with Crippen molar-refractivity contribution in [2.75, 3.05) is 5.32 Å². The summed E-state index contributed by atoms with van der Waals surface area (Å²) in [5.74, 6) is 0. The highest BCUT2D eigenvalue weighted by molar-refractivity contribution is 14.1. The summed E-state index contributed by atoms with van der Waals surface area (Å²) in [6, 6.07) is 1.98. The van der Waals surface area contributed by atoms with Gasteiger partial charge in [0.1, 0.15) is 9.34 Å². The Hall–Kier alpha value is 0.150. The molecule has 2 aromatic heterocycles. The van der Waals surface area contributed by atoms with Crippen molar-refractivity contribution in [3.8, 4) is 0 Å². The van der Waals surface area contributed by atoms with E-state index in [0.717, 1.165) is 21.6 Å². The fourth-order valence-electron chi connectivity index (χ4n) is 0.960. The Kier molecular flexibility index (Phi) is 3.64. The molecule has 2 rings (SSSR count). The van der Waals surface area contributed by atoms with Crippen molar-refractivity contribution in [2.45, 2.75) is 6.54 Å². The number of nitrogens with one attached hydrogen (secondary N) is 1. The van der Waals surface area contributed by atoms with Crippen LogP contribution in [0.5, 0.6) is 0 Å². The Morgan fingerprint density at radius 1 is 1.57 bits per heavy atom. The van der Waals surface area contributed by atoms with Crippen molar-refractivity contribution in [1.29, 1.82) is 0 Å². The maximum atomic E-state index is 5.95. The van der Waals surface area contributed by atoms with Gasteiger partial charge in [-0.25, -0.2) is 4.98 Å². The Bertz CT molecular complexity index is 426. The molecule has 14 heavy (non-hydrogen) atoms. The normalized spacial score (nSPS) is 10.4. The summed E-state index contributed by atoms with van der Waals surface area (Å²) in [5, 5.41) is 6.29. The number of anilines is 1. The molecular formula is C8H6ClIN2S2. The van der Waals surface area contributed by atoms with Gasteiger partial charge in [-0.05, 0) is 34.0 Å². The maximum Gasteiger partial charge on any atom is 0.116 e. The molecule has 0 unspecified atom stereocenters. The molecule has 0 bridgehead atoms. The van der Waals surface area contributed by atoms with Crippen LogP contribution in [0.1, 0.15) is 5.01 Å². The lowest BCUT2D eigenvalue weighted by atomic mass is 10.5. The summed E-state index contributed by atoms with van der Waals surface area (Å²) in [7, 11) is 0. The molecule has 0 spiro atoms. The number of thiazole rings is 1. The Morgan fingerprint density at radius 3 is 3.00 bits per heavy atom. The molecule has 0 amide bonds. The third-order valence-electron chi connectivity index (χ3n) is 1.57. The molecule has 0 radical (unpaired) electrons. The Balaban J connectivity index is 1.98. The van der Waals surface area contributed by atoms with Gasteiger partial charge in [0.05, 0.1) is 21.3 Å². The van der Waals surface area contributed by atoms with Gasteiger partial charge in [0, 0.05) is 0 Å². The molecule has 0 aliphatic heterocycles. The van der Waals surface area contributed by atoms with E-state index in [1.807, 2.05) is 17.6 Å². The van der Waals surface area contributed by atoms with Gasteiger partial charge in [-0.3, -0.25) is 0 Å². The van der Waals surface area contributed by atoms with Gasteiger partial charge in [-0.2, -0.15) is 0 Å². The first-order valence-corrected chi connectivity index (χ1v) is 6.98. The van der Waals surface area contributed by atoms with Crippen molar-refractivity contribution >= 4 is 62.6 Å². The van der Waals surface area contributed by atoms with Gasteiger partial charge in [0.2, 0.25) is 0 Å². The fourth-order valence-corrected chi connectivity index (χ4v) is 3.32. The first-order chi connectivity index (χ1) is 6.75. The standard InChI is InChI=1S/C8H6ClIN2S2/c9-8-5(1-2-13-8)11-4-7-12-3-6(10)14-7/h1-3,11H,4H2. The molecule has 2 nitrogen and oxygen atoms in total. The number of thiophene rings is 1. The van der Waals surface area contributed by atoms with Crippen molar-refractivity contribution in [3.63, 3.8) is 0 Å². The van der Waals surface area contributed by atoms with E-state index in [0.29, 0.717) is 0 Å². The predicted octanol–water partition coefficient (Wildman–Crippen LogP) is 4.07. The minimum Gasteiger partial charge on any atom is -0.377 e. The molecule has 6 heteroatoms. The lowest BCUT2D eigenvalue weighted by Crippen LogP contribution is -1.97. The van der Waals surface area contributed by atoms with E-state index in [-0.39, 0.29) is 0 Å². The molecule has 74 valence electrons. The van der Waals surface area contributed by atoms with Crippen LogP contribution in [0.4, 0.5) is 5.69 Å². The van der Waals surface area contributed by atoms with Crippen molar-refractivity contribution in [1.82, 2.24) is 4.98 Å². The molecule has 0 aromatic carbocycles. The van der Waals surface area contributed by atoms with Crippen LogP contribution < -0.4 is 5.32 Å². The summed E-state index contributed by atoms with van der Waals surface area (Å²) < 4.78 is 2.01. The van der Waals surface area contributed by atoms with Gasteiger partial charge >= 0.3 is 0 Å². The number of aromatic nitrogens is 1. The zero-order chi connectivity index (χ0) is 9.97. The van der Waals surface area contributed by atoms with Crippen LogP contribution >= 0.6 is 56.9 Å². The summed E-state index contributed by atoms with van der Waals surface area (Å²) >= 11 is 11.4. The summed E-state index contributed by atoms with van der Waals surface area (Å²) in [6.07, 6.45) is 1.87.